The van der Waals surface area contributed by atoms with Gasteiger partial charge in [0.05, 0.1) is 4.75 Å². The van der Waals surface area contributed by atoms with Crippen LogP contribution < -0.4 is 0 Å². The Kier molecular flexibility index (Phi) is 2.41. The molecule has 68 valence electrons. The molecule has 0 spiro atoms. The molecule has 1 heterocycles. The molecular formula is C7H13N3OS. The molecule has 1 fully saturated rings. The van der Waals surface area contributed by atoms with Crippen molar-refractivity contribution in [3.8, 4) is 0 Å². The van der Waals surface area contributed by atoms with Gasteiger partial charge in [-0.25, -0.2) is 0 Å². The normalized spacial score (nSPS) is 31.2. The average Bonchev–Trinajstić information content (AvgIpc) is 2.21. The lowest BCUT2D eigenvalue weighted by Crippen LogP contribution is -2.36. The van der Waals surface area contributed by atoms with Crippen molar-refractivity contribution in [2.24, 2.45) is 10.2 Å². The van der Waals surface area contributed by atoms with Crippen LogP contribution in [0.1, 0.15) is 13.8 Å². The first-order valence-electron chi connectivity index (χ1n) is 3.74. The molecular weight excluding hydrogens is 174 g/mol. The quantitative estimate of drug-likeness (QED) is 0.585. The molecule has 1 saturated heterocycles. The van der Waals surface area contributed by atoms with Gasteiger partial charge in [-0.3, -0.25) is 4.99 Å². The van der Waals surface area contributed by atoms with Crippen LogP contribution in [-0.2, 0) is 0 Å². The zero-order valence-electron chi connectivity index (χ0n) is 7.74. The molecule has 4 nitrogen and oxygen atoms in total. The van der Waals surface area contributed by atoms with Crippen LogP contribution in [-0.4, -0.2) is 35.1 Å². The van der Waals surface area contributed by atoms with Crippen molar-refractivity contribution >= 4 is 16.9 Å². The van der Waals surface area contributed by atoms with Crippen molar-refractivity contribution in [2.45, 2.75) is 24.8 Å². The number of hydrogen-bond donors (Lipinski definition) is 0. The van der Waals surface area contributed by atoms with E-state index < -0.39 is 0 Å². The Morgan fingerprint density at radius 3 is 2.42 bits per heavy atom. The van der Waals surface area contributed by atoms with E-state index >= 15 is 0 Å². The summed E-state index contributed by atoms with van der Waals surface area (Å²) in [6.45, 7) is 4.00. The van der Waals surface area contributed by atoms with E-state index in [-0.39, 0.29) is 10.9 Å². The Morgan fingerprint density at radius 1 is 1.58 bits per heavy atom. The molecule has 1 rings (SSSR count). The zero-order valence-corrected chi connectivity index (χ0v) is 8.55. The van der Waals surface area contributed by atoms with Crippen LogP contribution in [0.25, 0.3) is 0 Å². The first kappa shape index (κ1) is 9.51. The van der Waals surface area contributed by atoms with E-state index in [1.165, 1.54) is 0 Å². The van der Waals surface area contributed by atoms with Crippen LogP contribution in [0, 0.1) is 4.91 Å². The summed E-state index contributed by atoms with van der Waals surface area (Å²) in [5.41, 5.74) is 0. The van der Waals surface area contributed by atoms with Crippen LogP contribution in [0.3, 0.4) is 0 Å². The smallest absolute Gasteiger partial charge is 0.179 e. The fourth-order valence-corrected chi connectivity index (χ4v) is 2.44. The standard InChI is InChI=1S/C7H13N3OS/c1-7(2)5(9-11)10(4)6(8-3)12-7/h5H,1-4H3. The maximum Gasteiger partial charge on any atom is 0.179 e. The minimum Gasteiger partial charge on any atom is -0.328 e. The van der Waals surface area contributed by atoms with Gasteiger partial charge in [-0.2, -0.15) is 0 Å². The SMILES string of the molecule is CN=C1SC(C)(C)C(N=O)N1C. The Morgan fingerprint density at radius 2 is 2.17 bits per heavy atom. The highest BCUT2D eigenvalue weighted by atomic mass is 32.2. The van der Waals surface area contributed by atoms with Gasteiger partial charge in [0.25, 0.3) is 0 Å². The lowest BCUT2D eigenvalue weighted by Gasteiger charge is -2.21. The van der Waals surface area contributed by atoms with Crippen LogP contribution in [0.2, 0.25) is 0 Å². The maximum absolute atomic E-state index is 10.5. The Hall–Kier alpha value is -0.580. The third kappa shape index (κ3) is 1.33. The van der Waals surface area contributed by atoms with Crippen molar-refractivity contribution in [3.63, 3.8) is 0 Å². The summed E-state index contributed by atoms with van der Waals surface area (Å²) in [7, 11) is 3.57. The lowest BCUT2D eigenvalue weighted by atomic mass is 10.1. The highest BCUT2D eigenvalue weighted by Gasteiger charge is 2.44. The number of nitrogens with zero attached hydrogens (tertiary/aromatic N) is 3. The van der Waals surface area contributed by atoms with Gasteiger partial charge in [0.2, 0.25) is 0 Å². The van der Waals surface area contributed by atoms with Gasteiger partial charge in [-0.05, 0) is 19.0 Å². The lowest BCUT2D eigenvalue weighted by molar-refractivity contribution is 0.339. The fraction of sp³-hybridized carbons (Fsp3) is 0.857. The monoisotopic (exact) mass is 187 g/mol. The highest BCUT2D eigenvalue weighted by Crippen LogP contribution is 2.40. The van der Waals surface area contributed by atoms with E-state index in [0.717, 1.165) is 5.17 Å². The van der Waals surface area contributed by atoms with Crippen molar-refractivity contribution in [2.75, 3.05) is 14.1 Å². The second-order valence-electron chi connectivity index (χ2n) is 3.30. The van der Waals surface area contributed by atoms with Crippen LogP contribution in [0.4, 0.5) is 0 Å². The van der Waals surface area contributed by atoms with E-state index in [2.05, 4.69) is 10.2 Å². The van der Waals surface area contributed by atoms with Gasteiger partial charge in [0.15, 0.2) is 11.3 Å². The Labute approximate surface area is 76.4 Å². The number of thioether (sulfide) groups is 1. The summed E-state index contributed by atoms with van der Waals surface area (Å²) in [6, 6.07) is 0. The molecule has 1 unspecified atom stereocenters. The van der Waals surface area contributed by atoms with Gasteiger partial charge in [-0.1, -0.05) is 11.8 Å². The predicted octanol–water partition coefficient (Wildman–Crippen LogP) is 1.52. The van der Waals surface area contributed by atoms with E-state index in [1.54, 1.807) is 18.8 Å². The molecule has 5 heteroatoms. The van der Waals surface area contributed by atoms with Crippen LogP contribution >= 0.6 is 11.8 Å². The molecule has 12 heavy (non-hydrogen) atoms. The Bertz CT molecular complexity index is 227. The third-order valence-corrected chi connectivity index (χ3v) is 3.33. The summed E-state index contributed by atoms with van der Waals surface area (Å²) in [5.74, 6) is 0. The number of rotatable bonds is 1. The fourth-order valence-electron chi connectivity index (χ4n) is 1.33. The van der Waals surface area contributed by atoms with Crippen LogP contribution in [0.15, 0.2) is 10.2 Å². The van der Waals surface area contributed by atoms with Gasteiger partial charge in [-0.15, -0.1) is 4.91 Å². The van der Waals surface area contributed by atoms with Gasteiger partial charge < -0.3 is 4.90 Å². The first-order chi connectivity index (χ1) is 5.53. The predicted molar refractivity (Wildman–Crippen MR) is 52.4 cm³/mol. The molecule has 0 N–H and O–H groups in total. The van der Waals surface area contributed by atoms with E-state index in [9.17, 15) is 4.91 Å². The van der Waals surface area contributed by atoms with Crippen LogP contribution in [0.5, 0.6) is 0 Å². The molecule has 1 atom stereocenters. The van der Waals surface area contributed by atoms with E-state index in [1.807, 2.05) is 25.8 Å². The second-order valence-corrected chi connectivity index (χ2v) is 4.92. The summed E-state index contributed by atoms with van der Waals surface area (Å²) < 4.78 is -0.161. The summed E-state index contributed by atoms with van der Waals surface area (Å²) >= 11 is 1.59. The second kappa shape index (κ2) is 3.05. The minimum absolute atomic E-state index is 0.161. The van der Waals surface area contributed by atoms with E-state index in [4.69, 9.17) is 0 Å². The number of nitroso groups, excluding NO2 is 1. The molecule has 0 aromatic rings. The third-order valence-electron chi connectivity index (χ3n) is 1.94. The van der Waals surface area contributed by atoms with Gasteiger partial charge >= 0.3 is 0 Å². The molecule has 0 radical (unpaired) electrons. The number of aliphatic imine (C=N–C) groups is 1. The molecule has 1 aliphatic rings. The topological polar surface area (TPSA) is 45.0 Å². The van der Waals surface area contributed by atoms with Crippen molar-refractivity contribution < 1.29 is 0 Å². The molecule has 0 saturated carbocycles. The minimum atomic E-state index is -0.304. The molecule has 0 aromatic heterocycles. The summed E-state index contributed by atoms with van der Waals surface area (Å²) in [4.78, 5) is 16.4. The average molecular weight is 187 g/mol. The Balaban J connectivity index is 2.94. The van der Waals surface area contributed by atoms with Gasteiger partial charge in [0.1, 0.15) is 0 Å². The number of amidine groups is 1. The molecule has 1 aliphatic heterocycles. The van der Waals surface area contributed by atoms with Crippen molar-refractivity contribution in [3.05, 3.63) is 4.91 Å². The molecule has 0 aliphatic carbocycles. The van der Waals surface area contributed by atoms with Crippen molar-refractivity contribution in [1.82, 2.24) is 4.90 Å². The largest absolute Gasteiger partial charge is 0.328 e. The molecule has 0 amide bonds. The summed E-state index contributed by atoms with van der Waals surface area (Å²) in [6.07, 6.45) is -0.304. The zero-order chi connectivity index (χ0) is 9.35. The molecule has 0 bridgehead atoms. The van der Waals surface area contributed by atoms with Gasteiger partial charge in [0, 0.05) is 14.1 Å². The molecule has 0 aromatic carbocycles. The number of hydrogen-bond acceptors (Lipinski definition) is 4. The maximum atomic E-state index is 10.5. The first-order valence-corrected chi connectivity index (χ1v) is 4.55. The van der Waals surface area contributed by atoms with E-state index in [0.29, 0.717) is 0 Å². The highest BCUT2D eigenvalue weighted by molar-refractivity contribution is 8.15. The van der Waals surface area contributed by atoms with Crippen molar-refractivity contribution in [1.29, 1.82) is 0 Å². The summed E-state index contributed by atoms with van der Waals surface area (Å²) in [5, 5.41) is 3.97.